The lowest BCUT2D eigenvalue weighted by Crippen LogP contribution is -2.32. The third kappa shape index (κ3) is 5.59. The van der Waals surface area contributed by atoms with Crippen molar-refractivity contribution < 1.29 is 32.1 Å². The minimum Gasteiger partial charge on any atom is -0.469 e. The van der Waals surface area contributed by atoms with Crippen molar-refractivity contribution >= 4 is 15.8 Å². The average Bonchev–Trinajstić information content (AvgIpc) is 2.68. The van der Waals surface area contributed by atoms with Crippen LogP contribution in [0, 0.1) is 11.7 Å². The summed E-state index contributed by atoms with van der Waals surface area (Å²) < 4.78 is 43.7. The van der Waals surface area contributed by atoms with Crippen LogP contribution in [0.25, 0.3) is 0 Å². The molecule has 2 unspecified atom stereocenters. The maximum atomic E-state index is 13.1. The third-order valence-electron chi connectivity index (χ3n) is 4.15. The zero-order valence-electron chi connectivity index (χ0n) is 15.0. The van der Waals surface area contributed by atoms with Crippen LogP contribution < -0.4 is 0 Å². The molecule has 146 valence electrons. The molecule has 0 amide bonds. The van der Waals surface area contributed by atoms with Gasteiger partial charge in [0, 0.05) is 5.92 Å². The second kappa shape index (κ2) is 9.59. The summed E-state index contributed by atoms with van der Waals surface area (Å²) in [5.74, 6) is -3.18. The molecule has 27 heavy (non-hydrogen) atoms. The summed E-state index contributed by atoms with van der Waals surface area (Å²) >= 11 is 0. The molecule has 2 aromatic carbocycles. The lowest BCUT2D eigenvalue weighted by molar-refractivity contribution is -0.280. The van der Waals surface area contributed by atoms with Crippen LogP contribution in [0.5, 0.6) is 0 Å². The molecule has 2 aromatic rings. The van der Waals surface area contributed by atoms with Crippen LogP contribution in [0.3, 0.4) is 0 Å². The van der Waals surface area contributed by atoms with E-state index >= 15 is 0 Å². The molecule has 2 atom stereocenters. The number of carbonyl (C=O) groups is 1. The number of rotatable bonds is 9. The summed E-state index contributed by atoms with van der Waals surface area (Å²) in [5, 5.41) is 0. The highest BCUT2D eigenvalue weighted by molar-refractivity contribution is 7.91. The van der Waals surface area contributed by atoms with Gasteiger partial charge in [-0.3, -0.25) is 4.79 Å². The number of hydrogen-bond acceptors (Lipinski definition) is 6. The number of methoxy groups -OCH3 is 1. The van der Waals surface area contributed by atoms with Crippen molar-refractivity contribution in [3.63, 3.8) is 0 Å². The maximum absolute atomic E-state index is 13.1. The Morgan fingerprint density at radius 3 is 2.22 bits per heavy atom. The lowest BCUT2D eigenvalue weighted by Gasteiger charge is -2.25. The largest absolute Gasteiger partial charge is 0.469 e. The predicted molar refractivity (Wildman–Crippen MR) is 96.1 cm³/mol. The first-order valence-electron chi connectivity index (χ1n) is 8.15. The minimum absolute atomic E-state index is 0.0268. The van der Waals surface area contributed by atoms with Crippen molar-refractivity contribution in [2.75, 3.05) is 26.6 Å². The summed E-state index contributed by atoms with van der Waals surface area (Å²) in [6.07, 6.45) is 0. The van der Waals surface area contributed by atoms with Crippen LogP contribution in [-0.4, -0.2) is 41.0 Å². The number of halogens is 1. The first-order chi connectivity index (χ1) is 12.9. The molecule has 0 aliphatic heterocycles. The smallest absolute Gasteiger partial charge is 0.311 e. The van der Waals surface area contributed by atoms with Gasteiger partial charge >= 0.3 is 5.97 Å². The van der Waals surface area contributed by atoms with Gasteiger partial charge in [0.2, 0.25) is 0 Å². The summed E-state index contributed by atoms with van der Waals surface area (Å²) in [5.41, 5.74) is 0.637. The van der Waals surface area contributed by atoms with E-state index in [9.17, 15) is 17.6 Å². The highest BCUT2D eigenvalue weighted by atomic mass is 32.2. The van der Waals surface area contributed by atoms with Gasteiger partial charge in [-0.1, -0.05) is 30.3 Å². The van der Waals surface area contributed by atoms with Crippen LogP contribution >= 0.6 is 0 Å². The Kier molecular flexibility index (Phi) is 7.46. The minimum atomic E-state index is -3.81. The second-order valence-corrected chi connectivity index (χ2v) is 7.87. The fourth-order valence-electron chi connectivity index (χ4n) is 2.76. The quantitative estimate of drug-likeness (QED) is 0.281. The number of ether oxygens (including phenoxy) is 1. The topological polar surface area (TPSA) is 78.9 Å². The van der Waals surface area contributed by atoms with Crippen molar-refractivity contribution in [2.45, 2.75) is 10.8 Å². The Morgan fingerprint density at radius 1 is 1.04 bits per heavy atom. The summed E-state index contributed by atoms with van der Waals surface area (Å²) in [6, 6.07) is 13.3. The standard InChI is InChI=1S/C19H21FO6S/c1-24-19(21)17(12-26-25-2)18(14-6-4-3-5-7-14)13-27(22,23)16-10-8-15(20)9-11-16/h3-11,17-18H,12-13H2,1-2H3. The van der Waals surface area contributed by atoms with Gasteiger partial charge in [-0.25, -0.2) is 22.6 Å². The van der Waals surface area contributed by atoms with Gasteiger partial charge in [0.25, 0.3) is 0 Å². The molecule has 0 spiro atoms. The van der Waals surface area contributed by atoms with E-state index in [2.05, 4.69) is 4.89 Å². The molecule has 0 radical (unpaired) electrons. The Hall–Kier alpha value is -2.29. The van der Waals surface area contributed by atoms with Crippen LogP contribution in [0.15, 0.2) is 59.5 Å². The number of esters is 1. The van der Waals surface area contributed by atoms with Gasteiger partial charge in [0.1, 0.15) is 5.82 Å². The van der Waals surface area contributed by atoms with Gasteiger partial charge < -0.3 is 4.74 Å². The van der Waals surface area contributed by atoms with Crippen LogP contribution in [0.2, 0.25) is 0 Å². The molecule has 0 saturated heterocycles. The van der Waals surface area contributed by atoms with Gasteiger partial charge in [-0.2, -0.15) is 0 Å². The predicted octanol–water partition coefficient (Wildman–Crippen LogP) is 2.75. The average molecular weight is 396 g/mol. The zero-order valence-corrected chi connectivity index (χ0v) is 15.8. The highest BCUT2D eigenvalue weighted by Gasteiger charge is 2.35. The Balaban J connectivity index is 2.42. The van der Waals surface area contributed by atoms with E-state index in [-0.39, 0.29) is 17.3 Å². The summed E-state index contributed by atoms with van der Waals surface area (Å²) in [7, 11) is -1.29. The molecule has 2 rings (SSSR count). The van der Waals surface area contributed by atoms with Crippen LogP contribution in [-0.2, 0) is 29.1 Å². The van der Waals surface area contributed by atoms with E-state index in [1.54, 1.807) is 30.3 Å². The van der Waals surface area contributed by atoms with E-state index in [1.807, 2.05) is 0 Å². The van der Waals surface area contributed by atoms with Gasteiger partial charge in [-0.05, 0) is 29.8 Å². The Labute approximate surface area is 157 Å². The molecule has 0 N–H and O–H groups in total. The van der Waals surface area contributed by atoms with Gasteiger partial charge in [0.15, 0.2) is 9.84 Å². The van der Waals surface area contributed by atoms with Crippen LogP contribution in [0.4, 0.5) is 4.39 Å². The summed E-state index contributed by atoms with van der Waals surface area (Å²) in [6.45, 7) is -0.179. The van der Waals surface area contributed by atoms with Gasteiger partial charge in [0.05, 0.1) is 37.4 Å². The van der Waals surface area contributed by atoms with Crippen molar-refractivity contribution in [3.8, 4) is 0 Å². The molecular weight excluding hydrogens is 375 g/mol. The van der Waals surface area contributed by atoms with Crippen molar-refractivity contribution in [3.05, 3.63) is 66.0 Å². The monoisotopic (exact) mass is 396 g/mol. The molecule has 0 fully saturated rings. The molecule has 0 aromatic heterocycles. The molecule has 0 aliphatic carbocycles. The Bertz CT molecular complexity index is 836. The number of benzene rings is 2. The molecule has 0 saturated carbocycles. The highest BCUT2D eigenvalue weighted by Crippen LogP contribution is 2.30. The fraction of sp³-hybridized carbons (Fsp3) is 0.316. The van der Waals surface area contributed by atoms with Crippen LogP contribution in [0.1, 0.15) is 11.5 Å². The zero-order chi connectivity index (χ0) is 19.9. The number of hydrogen-bond donors (Lipinski definition) is 0. The first kappa shape index (κ1) is 21.0. The lowest BCUT2D eigenvalue weighted by atomic mass is 9.88. The SMILES string of the molecule is COOCC(C(=O)OC)C(CS(=O)(=O)c1ccc(F)cc1)c1ccccc1. The first-order valence-corrected chi connectivity index (χ1v) is 9.81. The van der Waals surface area contributed by atoms with E-state index in [4.69, 9.17) is 9.62 Å². The molecule has 8 heteroatoms. The van der Waals surface area contributed by atoms with E-state index in [1.165, 1.54) is 26.4 Å². The van der Waals surface area contributed by atoms with E-state index < -0.39 is 33.5 Å². The number of sulfone groups is 1. The third-order valence-corrected chi connectivity index (χ3v) is 5.94. The molecule has 6 nitrogen and oxygen atoms in total. The van der Waals surface area contributed by atoms with Crippen molar-refractivity contribution in [1.82, 2.24) is 0 Å². The van der Waals surface area contributed by atoms with Crippen molar-refractivity contribution in [1.29, 1.82) is 0 Å². The normalized spacial score (nSPS) is 13.7. The summed E-state index contributed by atoms with van der Waals surface area (Å²) in [4.78, 5) is 21.8. The van der Waals surface area contributed by atoms with E-state index in [0.717, 1.165) is 12.1 Å². The maximum Gasteiger partial charge on any atom is 0.311 e. The number of carbonyl (C=O) groups excluding carboxylic acids is 1. The Morgan fingerprint density at radius 2 is 1.67 bits per heavy atom. The van der Waals surface area contributed by atoms with Crippen molar-refractivity contribution in [2.24, 2.45) is 5.92 Å². The fourth-order valence-corrected chi connectivity index (χ4v) is 4.40. The van der Waals surface area contributed by atoms with E-state index in [0.29, 0.717) is 5.56 Å². The second-order valence-electron chi connectivity index (χ2n) is 5.83. The molecular formula is C19H21FO6S. The molecule has 0 heterocycles. The molecule has 0 bridgehead atoms. The van der Waals surface area contributed by atoms with Gasteiger partial charge in [-0.15, -0.1) is 0 Å². The molecule has 0 aliphatic rings.